The summed E-state index contributed by atoms with van der Waals surface area (Å²) < 4.78 is 0. The monoisotopic (exact) mass is 266 g/mol. The maximum atomic E-state index is 11.5. The molecule has 0 spiro atoms. The van der Waals surface area contributed by atoms with Crippen molar-refractivity contribution in [2.75, 3.05) is 17.2 Å². The number of hydrogen-bond acceptors (Lipinski definition) is 3. The van der Waals surface area contributed by atoms with E-state index in [1.165, 1.54) is 11.3 Å². The standard InChI is InChI=1S/C17H18N2O/c1-12(20)15-9-8-14(11-16(15)18)19-10-4-6-13-5-2-3-7-17(13)19/h2-3,5,7-9,11H,4,6,10,18H2,1H3. The zero-order chi connectivity index (χ0) is 14.1. The summed E-state index contributed by atoms with van der Waals surface area (Å²) in [5.74, 6) is 0.00749. The lowest BCUT2D eigenvalue weighted by molar-refractivity contribution is 0.101. The van der Waals surface area contributed by atoms with Crippen LogP contribution in [0.3, 0.4) is 0 Å². The summed E-state index contributed by atoms with van der Waals surface area (Å²) in [6.45, 7) is 2.53. The molecule has 2 aromatic rings. The number of aryl methyl sites for hydroxylation is 1. The molecule has 0 fully saturated rings. The topological polar surface area (TPSA) is 46.3 Å². The Balaban J connectivity index is 2.03. The molecule has 0 atom stereocenters. The molecule has 0 amide bonds. The second-order valence-electron chi connectivity index (χ2n) is 5.21. The molecule has 2 aromatic carbocycles. The smallest absolute Gasteiger partial charge is 0.161 e. The number of carbonyl (C=O) groups is 1. The Kier molecular flexibility index (Phi) is 3.18. The van der Waals surface area contributed by atoms with E-state index in [0.717, 1.165) is 25.1 Å². The number of hydrogen-bond donors (Lipinski definition) is 1. The second-order valence-corrected chi connectivity index (χ2v) is 5.21. The largest absolute Gasteiger partial charge is 0.398 e. The predicted molar refractivity (Wildman–Crippen MR) is 82.6 cm³/mol. The average Bonchev–Trinajstić information content (AvgIpc) is 2.46. The zero-order valence-corrected chi connectivity index (χ0v) is 11.6. The zero-order valence-electron chi connectivity index (χ0n) is 11.6. The van der Waals surface area contributed by atoms with Gasteiger partial charge in [0.2, 0.25) is 0 Å². The molecule has 1 heterocycles. The maximum Gasteiger partial charge on any atom is 0.161 e. The van der Waals surface area contributed by atoms with E-state index >= 15 is 0 Å². The highest BCUT2D eigenvalue weighted by atomic mass is 16.1. The van der Waals surface area contributed by atoms with Crippen LogP contribution in [0.5, 0.6) is 0 Å². The number of carbonyl (C=O) groups excluding carboxylic acids is 1. The first kappa shape index (κ1) is 12.7. The molecule has 0 unspecified atom stereocenters. The fourth-order valence-electron chi connectivity index (χ4n) is 2.84. The first-order valence-electron chi connectivity index (χ1n) is 6.93. The van der Waals surface area contributed by atoms with Crippen molar-refractivity contribution in [1.82, 2.24) is 0 Å². The summed E-state index contributed by atoms with van der Waals surface area (Å²) in [6.07, 6.45) is 2.25. The molecular weight excluding hydrogens is 248 g/mol. The molecule has 0 saturated carbocycles. The maximum absolute atomic E-state index is 11.5. The molecular formula is C17H18N2O. The number of anilines is 3. The SMILES string of the molecule is CC(=O)c1ccc(N2CCCc3ccccc32)cc1N. The molecule has 0 bridgehead atoms. The third kappa shape index (κ3) is 2.16. The van der Waals surface area contributed by atoms with Crippen LogP contribution in [0.2, 0.25) is 0 Å². The van der Waals surface area contributed by atoms with Crippen LogP contribution in [0.4, 0.5) is 17.1 Å². The number of nitrogens with zero attached hydrogens (tertiary/aromatic N) is 1. The van der Waals surface area contributed by atoms with Gasteiger partial charge in [-0.25, -0.2) is 0 Å². The van der Waals surface area contributed by atoms with E-state index in [4.69, 9.17) is 5.73 Å². The van der Waals surface area contributed by atoms with Gasteiger partial charge in [-0.15, -0.1) is 0 Å². The number of nitrogen functional groups attached to an aromatic ring is 1. The number of Topliss-reactive ketones (excluding diaryl/α,β-unsaturated/α-hetero) is 1. The summed E-state index contributed by atoms with van der Waals surface area (Å²) in [5.41, 5.74) is 10.8. The van der Waals surface area contributed by atoms with Crippen molar-refractivity contribution in [2.24, 2.45) is 0 Å². The Hall–Kier alpha value is -2.29. The van der Waals surface area contributed by atoms with E-state index in [1.807, 2.05) is 18.2 Å². The van der Waals surface area contributed by atoms with Gasteiger partial charge in [0.15, 0.2) is 5.78 Å². The highest BCUT2D eigenvalue weighted by Crippen LogP contribution is 2.34. The van der Waals surface area contributed by atoms with Crippen molar-refractivity contribution in [3.63, 3.8) is 0 Å². The van der Waals surface area contributed by atoms with Crippen LogP contribution in [0.1, 0.15) is 29.3 Å². The molecule has 0 aromatic heterocycles. The molecule has 3 rings (SSSR count). The lowest BCUT2D eigenvalue weighted by Crippen LogP contribution is -2.24. The molecule has 0 aliphatic carbocycles. The quantitative estimate of drug-likeness (QED) is 0.668. The molecule has 3 nitrogen and oxygen atoms in total. The van der Waals surface area contributed by atoms with Gasteiger partial charge in [-0.2, -0.15) is 0 Å². The minimum Gasteiger partial charge on any atom is -0.398 e. The van der Waals surface area contributed by atoms with Crippen LogP contribution < -0.4 is 10.6 Å². The van der Waals surface area contributed by atoms with E-state index in [2.05, 4.69) is 29.2 Å². The van der Waals surface area contributed by atoms with Crippen LogP contribution in [-0.4, -0.2) is 12.3 Å². The summed E-state index contributed by atoms with van der Waals surface area (Å²) in [4.78, 5) is 13.7. The lowest BCUT2D eigenvalue weighted by Gasteiger charge is -2.31. The van der Waals surface area contributed by atoms with Gasteiger partial charge in [-0.1, -0.05) is 18.2 Å². The molecule has 3 heteroatoms. The summed E-state index contributed by atoms with van der Waals surface area (Å²) in [5, 5.41) is 0. The lowest BCUT2D eigenvalue weighted by atomic mass is 10.0. The summed E-state index contributed by atoms with van der Waals surface area (Å²) in [7, 11) is 0. The predicted octanol–water partition coefficient (Wildman–Crippen LogP) is 3.56. The number of fused-ring (bicyclic) bond motifs is 1. The Bertz CT molecular complexity index is 664. The molecule has 0 saturated heterocycles. The number of nitrogens with two attached hydrogens (primary N) is 1. The van der Waals surface area contributed by atoms with Crippen molar-refractivity contribution in [3.8, 4) is 0 Å². The van der Waals surface area contributed by atoms with Crippen molar-refractivity contribution in [3.05, 3.63) is 53.6 Å². The van der Waals surface area contributed by atoms with Crippen LogP contribution in [0, 0.1) is 0 Å². The molecule has 2 N–H and O–H groups in total. The van der Waals surface area contributed by atoms with Gasteiger partial charge in [0.05, 0.1) is 0 Å². The number of para-hydroxylation sites is 1. The Morgan fingerprint density at radius 2 is 2.00 bits per heavy atom. The van der Waals surface area contributed by atoms with Gasteiger partial charge >= 0.3 is 0 Å². The summed E-state index contributed by atoms with van der Waals surface area (Å²) >= 11 is 0. The third-order valence-corrected chi connectivity index (χ3v) is 3.84. The highest BCUT2D eigenvalue weighted by Gasteiger charge is 2.18. The minimum atomic E-state index is 0.00749. The number of ketones is 1. The van der Waals surface area contributed by atoms with Crippen molar-refractivity contribution >= 4 is 22.8 Å². The first-order valence-corrected chi connectivity index (χ1v) is 6.93. The van der Waals surface area contributed by atoms with Crippen LogP contribution >= 0.6 is 0 Å². The van der Waals surface area contributed by atoms with E-state index in [1.54, 1.807) is 6.92 Å². The molecule has 102 valence electrons. The van der Waals surface area contributed by atoms with Gasteiger partial charge in [-0.05, 0) is 49.6 Å². The molecule has 1 aliphatic heterocycles. The van der Waals surface area contributed by atoms with Crippen molar-refractivity contribution < 1.29 is 4.79 Å². The minimum absolute atomic E-state index is 0.00749. The van der Waals surface area contributed by atoms with Crippen molar-refractivity contribution in [2.45, 2.75) is 19.8 Å². The molecule has 0 radical (unpaired) electrons. The molecule has 1 aliphatic rings. The van der Waals surface area contributed by atoms with Crippen LogP contribution in [0.15, 0.2) is 42.5 Å². The second kappa shape index (κ2) is 5.00. The van der Waals surface area contributed by atoms with Gasteiger partial charge in [0.1, 0.15) is 0 Å². The van der Waals surface area contributed by atoms with E-state index in [-0.39, 0.29) is 5.78 Å². The normalized spacial score (nSPS) is 13.9. The van der Waals surface area contributed by atoms with Gasteiger partial charge < -0.3 is 10.6 Å². The summed E-state index contributed by atoms with van der Waals surface area (Å²) in [6, 6.07) is 14.2. The van der Waals surface area contributed by atoms with E-state index in [9.17, 15) is 4.79 Å². The number of benzene rings is 2. The number of rotatable bonds is 2. The Morgan fingerprint density at radius 1 is 1.20 bits per heavy atom. The van der Waals surface area contributed by atoms with Crippen molar-refractivity contribution in [1.29, 1.82) is 0 Å². The first-order chi connectivity index (χ1) is 9.66. The Morgan fingerprint density at radius 3 is 2.75 bits per heavy atom. The average molecular weight is 266 g/mol. The highest BCUT2D eigenvalue weighted by molar-refractivity contribution is 5.99. The van der Waals surface area contributed by atoms with E-state index in [0.29, 0.717) is 11.3 Å². The van der Waals surface area contributed by atoms with Crippen LogP contribution in [0.25, 0.3) is 0 Å². The fourth-order valence-corrected chi connectivity index (χ4v) is 2.84. The fraction of sp³-hybridized carbons (Fsp3) is 0.235. The van der Waals surface area contributed by atoms with E-state index < -0.39 is 0 Å². The van der Waals surface area contributed by atoms with Crippen LogP contribution in [-0.2, 0) is 6.42 Å². The Labute approximate surface area is 119 Å². The molecule has 20 heavy (non-hydrogen) atoms. The van der Waals surface area contributed by atoms with Gasteiger partial charge in [-0.3, -0.25) is 4.79 Å². The van der Waals surface area contributed by atoms with Gasteiger partial charge in [0, 0.05) is 29.2 Å². The van der Waals surface area contributed by atoms with Gasteiger partial charge in [0.25, 0.3) is 0 Å². The third-order valence-electron chi connectivity index (χ3n) is 3.84.